The first-order valence-electron chi connectivity index (χ1n) is 3.72. The van der Waals surface area contributed by atoms with Crippen LogP contribution in [0.2, 0.25) is 5.02 Å². The van der Waals surface area contributed by atoms with Gasteiger partial charge in [-0.15, -0.1) is 11.3 Å². The SMILES string of the molecule is Clc1ccc(Oc2[c]csc2)cc1. The van der Waals surface area contributed by atoms with Crippen molar-refractivity contribution in [2.75, 3.05) is 0 Å². The topological polar surface area (TPSA) is 9.23 Å². The Labute approximate surface area is 85.5 Å². The maximum Gasteiger partial charge on any atom is 0.146 e. The second-order valence-corrected chi connectivity index (χ2v) is 3.62. The highest BCUT2D eigenvalue weighted by molar-refractivity contribution is 7.08. The maximum absolute atomic E-state index is 5.73. The van der Waals surface area contributed by atoms with Gasteiger partial charge in [-0.3, -0.25) is 0 Å². The molecule has 0 spiro atoms. The fourth-order valence-corrected chi connectivity index (χ4v) is 1.52. The van der Waals surface area contributed by atoms with Crippen LogP contribution in [-0.2, 0) is 0 Å². The highest BCUT2D eigenvalue weighted by Gasteiger charge is 1.96. The Morgan fingerprint density at radius 3 is 2.62 bits per heavy atom. The Morgan fingerprint density at radius 2 is 2.00 bits per heavy atom. The minimum atomic E-state index is 0.710. The van der Waals surface area contributed by atoms with Crippen molar-refractivity contribution in [3.05, 3.63) is 46.1 Å². The van der Waals surface area contributed by atoms with Crippen LogP contribution in [0.1, 0.15) is 0 Å². The molecule has 1 aromatic heterocycles. The van der Waals surface area contributed by atoms with Crippen LogP contribution < -0.4 is 4.74 Å². The third-order valence-corrected chi connectivity index (χ3v) is 2.34. The van der Waals surface area contributed by atoms with Crippen molar-refractivity contribution in [3.8, 4) is 11.5 Å². The molecule has 0 aliphatic carbocycles. The second-order valence-electron chi connectivity index (χ2n) is 2.44. The summed E-state index contributed by atoms with van der Waals surface area (Å²) >= 11 is 7.29. The molecule has 0 saturated carbocycles. The molecule has 0 amide bonds. The predicted molar refractivity (Wildman–Crippen MR) is 54.7 cm³/mol. The number of halogens is 1. The molecule has 0 saturated heterocycles. The predicted octanol–water partition coefficient (Wildman–Crippen LogP) is 3.99. The van der Waals surface area contributed by atoms with Crippen LogP contribution in [0, 0.1) is 6.07 Å². The van der Waals surface area contributed by atoms with Crippen molar-refractivity contribution >= 4 is 22.9 Å². The maximum atomic E-state index is 5.73. The van der Waals surface area contributed by atoms with Crippen LogP contribution in [0.3, 0.4) is 0 Å². The molecule has 1 nitrogen and oxygen atoms in total. The average Bonchev–Trinajstić information content (AvgIpc) is 2.62. The standard InChI is InChI=1S/C10H6ClOS/c11-8-1-3-9(4-2-8)12-10-5-6-13-7-10/h1-4,6-7H. The fraction of sp³-hybridized carbons (Fsp3) is 0. The summed E-state index contributed by atoms with van der Waals surface area (Å²) in [6, 6.07) is 10.2. The van der Waals surface area contributed by atoms with E-state index < -0.39 is 0 Å². The minimum absolute atomic E-state index is 0.710. The van der Waals surface area contributed by atoms with E-state index in [4.69, 9.17) is 16.3 Å². The molecule has 1 radical (unpaired) electrons. The van der Waals surface area contributed by atoms with Gasteiger partial charge in [0.1, 0.15) is 11.5 Å². The molecular weight excluding hydrogens is 204 g/mol. The largest absolute Gasteiger partial charge is 0.456 e. The van der Waals surface area contributed by atoms with E-state index in [0.29, 0.717) is 5.02 Å². The second kappa shape index (κ2) is 3.81. The number of hydrogen-bond donors (Lipinski definition) is 0. The lowest BCUT2D eigenvalue weighted by molar-refractivity contribution is 0.484. The lowest BCUT2D eigenvalue weighted by Crippen LogP contribution is -1.80. The van der Waals surface area contributed by atoms with Gasteiger partial charge in [0.15, 0.2) is 0 Å². The van der Waals surface area contributed by atoms with Crippen LogP contribution in [0.5, 0.6) is 11.5 Å². The van der Waals surface area contributed by atoms with Gasteiger partial charge in [0.2, 0.25) is 0 Å². The van der Waals surface area contributed by atoms with Gasteiger partial charge in [-0.1, -0.05) is 11.6 Å². The van der Waals surface area contributed by atoms with Crippen LogP contribution in [0.15, 0.2) is 35.0 Å². The van der Waals surface area contributed by atoms with E-state index in [9.17, 15) is 0 Å². The van der Waals surface area contributed by atoms with Crippen LogP contribution in [0.25, 0.3) is 0 Å². The van der Waals surface area contributed by atoms with E-state index in [0.717, 1.165) is 11.5 Å². The van der Waals surface area contributed by atoms with Gasteiger partial charge in [-0.25, -0.2) is 0 Å². The summed E-state index contributed by atoms with van der Waals surface area (Å²) in [7, 11) is 0. The van der Waals surface area contributed by atoms with Crippen molar-refractivity contribution in [2.24, 2.45) is 0 Å². The minimum Gasteiger partial charge on any atom is -0.456 e. The summed E-state index contributed by atoms with van der Waals surface area (Å²) in [5.41, 5.74) is 0. The molecule has 65 valence electrons. The molecule has 0 fully saturated rings. The van der Waals surface area contributed by atoms with Crippen molar-refractivity contribution < 1.29 is 4.74 Å². The van der Waals surface area contributed by atoms with Gasteiger partial charge in [-0.2, -0.15) is 0 Å². The zero-order valence-corrected chi connectivity index (χ0v) is 8.23. The van der Waals surface area contributed by atoms with E-state index in [2.05, 4.69) is 6.07 Å². The average molecular weight is 210 g/mol. The molecule has 0 aliphatic rings. The molecule has 2 rings (SSSR count). The zero-order valence-electron chi connectivity index (χ0n) is 6.66. The number of hydrogen-bond acceptors (Lipinski definition) is 2. The molecule has 3 heteroatoms. The van der Waals surface area contributed by atoms with Crippen LogP contribution >= 0.6 is 22.9 Å². The summed E-state index contributed by atoms with van der Waals surface area (Å²) < 4.78 is 5.47. The molecule has 0 N–H and O–H groups in total. The molecule has 0 bridgehead atoms. The van der Waals surface area contributed by atoms with E-state index in [-0.39, 0.29) is 0 Å². The first kappa shape index (κ1) is 8.60. The monoisotopic (exact) mass is 209 g/mol. The quantitative estimate of drug-likeness (QED) is 0.727. The Morgan fingerprint density at radius 1 is 1.23 bits per heavy atom. The Bertz CT molecular complexity index is 366. The molecule has 1 aromatic carbocycles. The smallest absolute Gasteiger partial charge is 0.146 e. The van der Waals surface area contributed by atoms with E-state index >= 15 is 0 Å². The highest BCUT2D eigenvalue weighted by Crippen LogP contribution is 2.23. The molecule has 0 unspecified atom stereocenters. The van der Waals surface area contributed by atoms with Crippen LogP contribution in [-0.4, -0.2) is 0 Å². The van der Waals surface area contributed by atoms with Crippen molar-refractivity contribution in [1.29, 1.82) is 0 Å². The van der Waals surface area contributed by atoms with Gasteiger partial charge in [-0.05, 0) is 24.3 Å². The first-order chi connectivity index (χ1) is 6.34. The summed E-state index contributed by atoms with van der Waals surface area (Å²) in [5.74, 6) is 1.52. The van der Waals surface area contributed by atoms with E-state index in [1.807, 2.05) is 22.9 Å². The molecule has 13 heavy (non-hydrogen) atoms. The highest BCUT2D eigenvalue weighted by atomic mass is 35.5. The number of benzene rings is 1. The fourth-order valence-electron chi connectivity index (χ4n) is 0.905. The molecule has 0 aliphatic heterocycles. The van der Waals surface area contributed by atoms with Crippen LogP contribution in [0.4, 0.5) is 0 Å². The molecule has 2 aromatic rings. The number of ether oxygens (including phenoxy) is 1. The van der Waals surface area contributed by atoms with Crippen molar-refractivity contribution in [2.45, 2.75) is 0 Å². The van der Waals surface area contributed by atoms with Gasteiger partial charge in [0.25, 0.3) is 0 Å². The Hall–Kier alpha value is -0.990. The summed E-state index contributed by atoms with van der Waals surface area (Å²) in [6.45, 7) is 0. The summed E-state index contributed by atoms with van der Waals surface area (Å²) in [5, 5.41) is 4.46. The third-order valence-electron chi connectivity index (χ3n) is 1.49. The number of thiophene rings is 1. The lowest BCUT2D eigenvalue weighted by Gasteiger charge is -2.01. The number of rotatable bonds is 2. The van der Waals surface area contributed by atoms with Gasteiger partial charge in [0, 0.05) is 21.8 Å². The summed E-state index contributed by atoms with van der Waals surface area (Å²) in [4.78, 5) is 0. The van der Waals surface area contributed by atoms with Crippen molar-refractivity contribution in [3.63, 3.8) is 0 Å². The van der Waals surface area contributed by atoms with E-state index in [1.165, 1.54) is 0 Å². The summed E-state index contributed by atoms with van der Waals surface area (Å²) in [6.07, 6.45) is 0. The third kappa shape index (κ3) is 2.23. The van der Waals surface area contributed by atoms with Gasteiger partial charge in [0.05, 0.1) is 0 Å². The molecule has 1 heterocycles. The Kier molecular flexibility index (Phi) is 2.52. The molecule has 0 atom stereocenters. The Balaban J connectivity index is 2.15. The first-order valence-corrected chi connectivity index (χ1v) is 5.04. The van der Waals surface area contributed by atoms with Gasteiger partial charge >= 0.3 is 0 Å². The van der Waals surface area contributed by atoms with Gasteiger partial charge < -0.3 is 4.74 Å². The van der Waals surface area contributed by atoms with E-state index in [1.54, 1.807) is 23.5 Å². The lowest BCUT2D eigenvalue weighted by atomic mass is 10.3. The molecular formula is C10H6ClOS. The zero-order chi connectivity index (χ0) is 9.10. The normalized spacial score (nSPS) is 9.92. The van der Waals surface area contributed by atoms with Crippen molar-refractivity contribution in [1.82, 2.24) is 0 Å².